The highest BCUT2D eigenvalue weighted by Gasteiger charge is 2.33. The number of hydrogen-bond donors (Lipinski definition) is 1. The van der Waals surface area contributed by atoms with E-state index in [9.17, 15) is 0 Å². The maximum Gasteiger partial charge on any atom is 0.0806 e. The van der Waals surface area contributed by atoms with Crippen molar-refractivity contribution in [3.05, 3.63) is 0 Å². The molecule has 0 atom stereocenters. The summed E-state index contributed by atoms with van der Waals surface area (Å²) in [5.74, 6) is 0. The van der Waals surface area contributed by atoms with E-state index < -0.39 is 0 Å². The number of ether oxygens (including phenoxy) is 1. The predicted molar refractivity (Wildman–Crippen MR) is 65.2 cm³/mol. The monoisotopic (exact) mass is 213 g/mol. The van der Waals surface area contributed by atoms with E-state index in [-0.39, 0.29) is 5.60 Å². The van der Waals surface area contributed by atoms with Gasteiger partial charge in [-0.05, 0) is 32.2 Å². The van der Waals surface area contributed by atoms with Gasteiger partial charge in [-0.3, -0.25) is 0 Å². The Balaban J connectivity index is 2.26. The molecular formula is C13H27NO. The molecule has 1 fully saturated rings. The first kappa shape index (κ1) is 13.0. The largest absolute Gasteiger partial charge is 0.374 e. The maximum absolute atomic E-state index is 6.12. The summed E-state index contributed by atoms with van der Waals surface area (Å²) in [7, 11) is 0. The average Bonchev–Trinajstić information content (AvgIpc) is 2.68. The van der Waals surface area contributed by atoms with Gasteiger partial charge in [-0.2, -0.15) is 0 Å². The molecule has 1 aliphatic rings. The predicted octanol–water partition coefficient (Wildman–Crippen LogP) is 3.12. The molecule has 0 aromatic rings. The van der Waals surface area contributed by atoms with Crippen molar-refractivity contribution in [2.75, 3.05) is 19.7 Å². The van der Waals surface area contributed by atoms with Crippen molar-refractivity contribution in [1.82, 2.24) is 5.32 Å². The van der Waals surface area contributed by atoms with Gasteiger partial charge in [0.2, 0.25) is 0 Å². The molecule has 2 heteroatoms. The second-order valence-electron chi connectivity index (χ2n) is 4.77. The van der Waals surface area contributed by atoms with E-state index in [0.717, 1.165) is 19.7 Å². The zero-order chi connectivity index (χ0) is 11.0. The number of rotatable bonds is 8. The Morgan fingerprint density at radius 2 is 1.87 bits per heavy atom. The molecule has 1 rings (SSSR count). The third kappa shape index (κ3) is 4.52. The molecule has 0 bridgehead atoms. The third-order valence-electron chi connectivity index (χ3n) is 3.29. The summed E-state index contributed by atoms with van der Waals surface area (Å²) >= 11 is 0. The van der Waals surface area contributed by atoms with Crippen molar-refractivity contribution in [1.29, 1.82) is 0 Å². The van der Waals surface area contributed by atoms with Crippen molar-refractivity contribution >= 4 is 0 Å². The second-order valence-corrected chi connectivity index (χ2v) is 4.77. The Hall–Kier alpha value is -0.0800. The van der Waals surface area contributed by atoms with Crippen LogP contribution in [0.15, 0.2) is 0 Å². The quantitative estimate of drug-likeness (QED) is 0.626. The van der Waals surface area contributed by atoms with Crippen LogP contribution >= 0.6 is 0 Å². The van der Waals surface area contributed by atoms with E-state index in [2.05, 4.69) is 19.2 Å². The van der Waals surface area contributed by atoms with E-state index in [0.29, 0.717) is 0 Å². The molecule has 15 heavy (non-hydrogen) atoms. The molecule has 1 saturated carbocycles. The smallest absolute Gasteiger partial charge is 0.0806 e. The average molecular weight is 213 g/mol. The SMILES string of the molecule is CCCCOC1(CNCCC)CCCC1. The molecule has 0 aromatic carbocycles. The maximum atomic E-state index is 6.12. The highest BCUT2D eigenvalue weighted by atomic mass is 16.5. The highest BCUT2D eigenvalue weighted by molar-refractivity contribution is 4.88. The van der Waals surface area contributed by atoms with Gasteiger partial charge in [0.1, 0.15) is 0 Å². The van der Waals surface area contributed by atoms with Crippen LogP contribution in [0.2, 0.25) is 0 Å². The zero-order valence-corrected chi connectivity index (χ0v) is 10.5. The Kier molecular flexibility index (Phi) is 6.26. The lowest BCUT2D eigenvalue weighted by Gasteiger charge is -2.30. The summed E-state index contributed by atoms with van der Waals surface area (Å²) in [6.07, 6.45) is 8.86. The van der Waals surface area contributed by atoms with Crippen LogP contribution in [0.4, 0.5) is 0 Å². The molecule has 0 amide bonds. The summed E-state index contributed by atoms with van der Waals surface area (Å²) in [6, 6.07) is 0. The molecule has 2 nitrogen and oxygen atoms in total. The van der Waals surface area contributed by atoms with Gasteiger partial charge in [-0.25, -0.2) is 0 Å². The van der Waals surface area contributed by atoms with Gasteiger partial charge in [0.15, 0.2) is 0 Å². The van der Waals surface area contributed by atoms with E-state index in [4.69, 9.17) is 4.74 Å². The Bertz CT molecular complexity index is 141. The van der Waals surface area contributed by atoms with Crippen LogP contribution in [-0.2, 0) is 4.74 Å². The Labute approximate surface area is 94.8 Å². The molecule has 0 spiro atoms. The van der Waals surface area contributed by atoms with Gasteiger partial charge in [0, 0.05) is 13.2 Å². The third-order valence-corrected chi connectivity index (χ3v) is 3.29. The summed E-state index contributed by atoms with van der Waals surface area (Å²) in [5, 5.41) is 3.52. The fourth-order valence-corrected chi connectivity index (χ4v) is 2.32. The van der Waals surface area contributed by atoms with Crippen molar-refractivity contribution in [2.45, 2.75) is 64.4 Å². The Morgan fingerprint density at radius 1 is 1.13 bits per heavy atom. The number of unbranched alkanes of at least 4 members (excludes halogenated alkanes) is 1. The lowest BCUT2D eigenvalue weighted by atomic mass is 10.0. The molecule has 0 aromatic heterocycles. The van der Waals surface area contributed by atoms with Gasteiger partial charge >= 0.3 is 0 Å². The van der Waals surface area contributed by atoms with Crippen molar-refractivity contribution < 1.29 is 4.74 Å². The van der Waals surface area contributed by atoms with E-state index in [1.807, 2.05) is 0 Å². The first-order valence-electron chi connectivity index (χ1n) is 6.67. The first-order valence-corrected chi connectivity index (χ1v) is 6.67. The normalized spacial score (nSPS) is 19.6. The summed E-state index contributed by atoms with van der Waals surface area (Å²) in [4.78, 5) is 0. The molecule has 0 unspecified atom stereocenters. The topological polar surface area (TPSA) is 21.3 Å². The van der Waals surface area contributed by atoms with Gasteiger partial charge in [0.05, 0.1) is 5.60 Å². The zero-order valence-electron chi connectivity index (χ0n) is 10.5. The minimum absolute atomic E-state index is 0.185. The molecule has 90 valence electrons. The molecule has 1 N–H and O–H groups in total. The van der Waals surface area contributed by atoms with E-state index in [1.165, 1.54) is 44.9 Å². The van der Waals surface area contributed by atoms with Crippen LogP contribution in [0.5, 0.6) is 0 Å². The van der Waals surface area contributed by atoms with Crippen LogP contribution in [0.25, 0.3) is 0 Å². The summed E-state index contributed by atoms with van der Waals surface area (Å²) in [5.41, 5.74) is 0.185. The van der Waals surface area contributed by atoms with Crippen LogP contribution < -0.4 is 5.32 Å². The molecule has 0 heterocycles. The number of hydrogen-bond acceptors (Lipinski definition) is 2. The van der Waals surface area contributed by atoms with E-state index >= 15 is 0 Å². The van der Waals surface area contributed by atoms with Crippen molar-refractivity contribution in [3.63, 3.8) is 0 Å². The van der Waals surface area contributed by atoms with Crippen molar-refractivity contribution in [2.24, 2.45) is 0 Å². The van der Waals surface area contributed by atoms with Crippen LogP contribution in [0.1, 0.15) is 58.8 Å². The number of nitrogens with one attached hydrogen (secondary N) is 1. The van der Waals surface area contributed by atoms with Crippen LogP contribution in [0.3, 0.4) is 0 Å². The molecule has 0 radical (unpaired) electrons. The fraction of sp³-hybridized carbons (Fsp3) is 1.00. The van der Waals surface area contributed by atoms with Gasteiger partial charge in [-0.15, -0.1) is 0 Å². The minimum atomic E-state index is 0.185. The molecule has 0 saturated heterocycles. The standard InChI is InChI=1S/C13H27NO/c1-3-5-11-15-13(8-6-7-9-13)12-14-10-4-2/h14H,3-12H2,1-2H3. The minimum Gasteiger partial charge on any atom is -0.374 e. The highest BCUT2D eigenvalue weighted by Crippen LogP contribution is 2.32. The van der Waals surface area contributed by atoms with Gasteiger partial charge < -0.3 is 10.1 Å². The first-order chi connectivity index (χ1) is 7.33. The fourth-order valence-electron chi connectivity index (χ4n) is 2.32. The second kappa shape index (κ2) is 7.24. The summed E-state index contributed by atoms with van der Waals surface area (Å²) < 4.78 is 6.12. The summed E-state index contributed by atoms with van der Waals surface area (Å²) in [6.45, 7) is 7.57. The van der Waals surface area contributed by atoms with Gasteiger partial charge in [-0.1, -0.05) is 33.1 Å². The van der Waals surface area contributed by atoms with Gasteiger partial charge in [0.25, 0.3) is 0 Å². The molecule has 0 aliphatic heterocycles. The van der Waals surface area contributed by atoms with E-state index in [1.54, 1.807) is 0 Å². The molecular weight excluding hydrogens is 186 g/mol. The van der Waals surface area contributed by atoms with Crippen molar-refractivity contribution in [3.8, 4) is 0 Å². The molecule has 1 aliphatic carbocycles. The lowest BCUT2D eigenvalue weighted by Crippen LogP contribution is -2.41. The lowest BCUT2D eigenvalue weighted by molar-refractivity contribution is -0.0402. The van der Waals surface area contributed by atoms with Crippen LogP contribution in [0, 0.1) is 0 Å². The van der Waals surface area contributed by atoms with Crippen LogP contribution in [-0.4, -0.2) is 25.3 Å². The Morgan fingerprint density at radius 3 is 2.47 bits per heavy atom.